The smallest absolute Gasteiger partial charge is 0.0979 e. The molecule has 2 heterocycles. The van der Waals surface area contributed by atoms with Gasteiger partial charge in [0.2, 0.25) is 0 Å². The van der Waals surface area contributed by atoms with Crippen molar-refractivity contribution in [3.63, 3.8) is 0 Å². The molecule has 1 spiro atoms. The topological polar surface area (TPSA) is 30.7 Å². The summed E-state index contributed by atoms with van der Waals surface area (Å²) in [6, 6.07) is 87.4. The maximum Gasteiger partial charge on any atom is 0.0979 e. The highest BCUT2D eigenvalue weighted by Gasteiger charge is 2.51. The molecule has 1 atom stereocenters. The Bertz CT molecular complexity index is 4450. The molecular formula is C71H45N3. The fourth-order valence-electron chi connectivity index (χ4n) is 13.4. The number of hydrogen-bond acceptors (Lipinski definition) is 2. The third kappa shape index (κ3) is 5.84. The Kier molecular flexibility index (Phi) is 8.79. The van der Waals surface area contributed by atoms with E-state index in [0.29, 0.717) is 0 Å². The minimum atomic E-state index is -0.396. The first kappa shape index (κ1) is 41.2. The third-order valence-electron chi connectivity index (χ3n) is 16.6. The Morgan fingerprint density at radius 3 is 1.58 bits per heavy atom. The fraction of sp³-hybridized carbons (Fsp3) is 0.0423. The average Bonchev–Trinajstić information content (AvgIpc) is 4.09. The van der Waals surface area contributed by atoms with Crippen molar-refractivity contribution in [3.05, 3.63) is 288 Å². The fourth-order valence-corrected chi connectivity index (χ4v) is 13.4. The molecule has 1 unspecified atom stereocenters. The molecule has 13 aromatic rings. The molecule has 344 valence electrons. The summed E-state index contributed by atoms with van der Waals surface area (Å²) in [5.74, 6) is 0.226. The molecule has 16 rings (SSSR count). The van der Waals surface area contributed by atoms with Gasteiger partial charge in [0.05, 0.1) is 33.9 Å². The number of hydrogen-bond donors (Lipinski definition) is 0. The predicted octanol–water partition coefficient (Wildman–Crippen LogP) is 17.6. The van der Waals surface area contributed by atoms with Crippen LogP contribution in [0.4, 0.5) is 0 Å². The molecule has 0 aliphatic heterocycles. The van der Waals surface area contributed by atoms with Crippen LogP contribution in [0.25, 0.3) is 111 Å². The molecule has 2 aromatic heterocycles. The van der Waals surface area contributed by atoms with E-state index in [9.17, 15) is 0 Å². The number of benzene rings is 11. The molecule has 0 radical (unpaired) electrons. The number of para-hydroxylation sites is 1. The van der Waals surface area contributed by atoms with Gasteiger partial charge >= 0.3 is 0 Å². The van der Waals surface area contributed by atoms with Crippen molar-refractivity contribution >= 4 is 49.6 Å². The Labute approximate surface area is 429 Å². The number of rotatable bonds is 5. The maximum absolute atomic E-state index is 5.30. The molecule has 11 aromatic carbocycles. The minimum Gasteiger partial charge on any atom is -0.310 e. The summed E-state index contributed by atoms with van der Waals surface area (Å²) in [4.78, 5) is 10.4. The van der Waals surface area contributed by atoms with E-state index in [2.05, 4.69) is 253 Å². The summed E-state index contributed by atoms with van der Waals surface area (Å²) in [6.07, 6.45) is 7.68. The first-order valence-electron chi connectivity index (χ1n) is 25.8. The summed E-state index contributed by atoms with van der Waals surface area (Å²) in [5.41, 5.74) is 25.2. The van der Waals surface area contributed by atoms with Gasteiger partial charge in [-0.25, -0.2) is 4.98 Å². The van der Waals surface area contributed by atoms with Crippen molar-refractivity contribution in [1.29, 1.82) is 0 Å². The van der Waals surface area contributed by atoms with Crippen LogP contribution in [0.1, 0.15) is 45.0 Å². The van der Waals surface area contributed by atoms with Crippen LogP contribution in [0, 0.1) is 0 Å². The molecule has 0 N–H and O–H groups in total. The van der Waals surface area contributed by atoms with Crippen LogP contribution in [-0.4, -0.2) is 14.5 Å². The summed E-state index contributed by atoms with van der Waals surface area (Å²) in [6.45, 7) is 0. The lowest BCUT2D eigenvalue weighted by Gasteiger charge is -2.30. The molecular weight excluding hydrogens is 895 g/mol. The number of aromatic nitrogens is 3. The molecule has 3 aliphatic carbocycles. The molecule has 3 nitrogen and oxygen atoms in total. The Balaban J connectivity index is 0.741. The first-order valence-corrected chi connectivity index (χ1v) is 25.8. The van der Waals surface area contributed by atoms with E-state index in [1.807, 2.05) is 6.20 Å². The zero-order valence-electron chi connectivity index (χ0n) is 40.4. The van der Waals surface area contributed by atoms with E-state index in [0.717, 1.165) is 50.6 Å². The first-order chi connectivity index (χ1) is 36.7. The van der Waals surface area contributed by atoms with E-state index in [4.69, 9.17) is 9.97 Å². The van der Waals surface area contributed by atoms with Crippen molar-refractivity contribution in [2.45, 2.75) is 17.8 Å². The summed E-state index contributed by atoms with van der Waals surface area (Å²) in [5, 5.41) is 5.96. The highest BCUT2D eigenvalue weighted by Crippen LogP contribution is 2.63. The molecule has 0 bridgehead atoms. The van der Waals surface area contributed by atoms with Gasteiger partial charge in [-0.15, -0.1) is 0 Å². The largest absolute Gasteiger partial charge is 0.310 e. The SMILES string of the molecule is C1=CC(c2cccc(-c3cccc(-c4cccc(-c5cnc6c7ccccc7c7ccccc7c6n5)c4)c3)c2)Cc2c1n(-c1ccc3c(c1)C1(c4ccccc4-c4ccccc41)c1ccccc1-3)c1ccccc21. The van der Waals surface area contributed by atoms with Crippen LogP contribution in [0.15, 0.2) is 249 Å². The van der Waals surface area contributed by atoms with Crippen LogP contribution in [-0.2, 0) is 11.8 Å². The number of allylic oxidation sites excluding steroid dienone is 1. The van der Waals surface area contributed by atoms with Gasteiger partial charge in [0.25, 0.3) is 0 Å². The van der Waals surface area contributed by atoms with Gasteiger partial charge in [-0.05, 0) is 131 Å². The van der Waals surface area contributed by atoms with Gasteiger partial charge < -0.3 is 4.57 Å². The van der Waals surface area contributed by atoms with Gasteiger partial charge in [0.1, 0.15) is 0 Å². The van der Waals surface area contributed by atoms with Gasteiger partial charge in [-0.1, -0.05) is 212 Å². The Hall–Kier alpha value is -9.44. The lowest BCUT2D eigenvalue weighted by Crippen LogP contribution is -2.26. The van der Waals surface area contributed by atoms with Crippen molar-refractivity contribution in [3.8, 4) is 61.5 Å². The summed E-state index contributed by atoms with van der Waals surface area (Å²) >= 11 is 0. The highest BCUT2D eigenvalue weighted by atomic mass is 15.0. The second-order valence-electron chi connectivity index (χ2n) is 20.3. The van der Waals surface area contributed by atoms with Crippen LogP contribution >= 0.6 is 0 Å². The quantitative estimate of drug-likeness (QED) is 0.161. The van der Waals surface area contributed by atoms with Crippen molar-refractivity contribution in [2.75, 3.05) is 0 Å². The van der Waals surface area contributed by atoms with Gasteiger partial charge in [0.15, 0.2) is 0 Å². The van der Waals surface area contributed by atoms with Gasteiger partial charge in [0, 0.05) is 39.0 Å². The predicted molar refractivity (Wildman–Crippen MR) is 306 cm³/mol. The van der Waals surface area contributed by atoms with Crippen molar-refractivity contribution in [1.82, 2.24) is 14.5 Å². The van der Waals surface area contributed by atoms with Crippen LogP contribution < -0.4 is 0 Å². The van der Waals surface area contributed by atoms with Crippen molar-refractivity contribution < 1.29 is 0 Å². The van der Waals surface area contributed by atoms with E-state index in [1.165, 1.54) is 99.8 Å². The Morgan fingerprint density at radius 2 is 0.919 bits per heavy atom. The van der Waals surface area contributed by atoms with Crippen LogP contribution in [0.2, 0.25) is 0 Å². The molecule has 0 fully saturated rings. The summed E-state index contributed by atoms with van der Waals surface area (Å²) in [7, 11) is 0. The zero-order valence-corrected chi connectivity index (χ0v) is 40.4. The second-order valence-corrected chi connectivity index (χ2v) is 20.3. The standard InChI is InChI=1S/C71H45N3/c1-3-28-59-52(22-1)53-23-2-4-29-60(53)70-69(59)72-43-66(73-70)50-21-15-20-48(40-50)46-18-13-16-44(38-46)45-17-14-19-47(39-45)49-34-37-68-61(41-49)58-27-8-12-33-67(58)74(68)51-35-36-57-56-26-7-11-32-64(56)71(65(57)42-51)62-30-9-5-24-54(62)55-25-6-10-31-63(55)71/h1-40,42-43,49H,41H2. The number of nitrogens with zero attached hydrogens (tertiary/aromatic N) is 3. The van der Waals surface area contributed by atoms with Gasteiger partial charge in [-0.3, -0.25) is 4.98 Å². The van der Waals surface area contributed by atoms with Crippen molar-refractivity contribution in [2.24, 2.45) is 0 Å². The monoisotopic (exact) mass is 939 g/mol. The minimum absolute atomic E-state index is 0.226. The maximum atomic E-state index is 5.30. The third-order valence-corrected chi connectivity index (χ3v) is 16.6. The molecule has 0 amide bonds. The molecule has 74 heavy (non-hydrogen) atoms. The molecule has 0 saturated heterocycles. The highest BCUT2D eigenvalue weighted by molar-refractivity contribution is 6.23. The lowest BCUT2D eigenvalue weighted by atomic mass is 9.70. The normalized spacial score (nSPS) is 14.6. The summed E-state index contributed by atoms with van der Waals surface area (Å²) < 4.78 is 2.52. The van der Waals surface area contributed by atoms with Crippen LogP contribution in [0.3, 0.4) is 0 Å². The lowest BCUT2D eigenvalue weighted by molar-refractivity contribution is 0.791. The molecule has 3 aliphatic rings. The average molecular weight is 940 g/mol. The van der Waals surface area contributed by atoms with E-state index in [-0.39, 0.29) is 5.92 Å². The molecule has 0 saturated carbocycles. The van der Waals surface area contributed by atoms with E-state index >= 15 is 0 Å². The van der Waals surface area contributed by atoms with E-state index < -0.39 is 5.41 Å². The van der Waals surface area contributed by atoms with Crippen LogP contribution in [0.5, 0.6) is 0 Å². The Morgan fingerprint density at radius 1 is 0.405 bits per heavy atom. The van der Waals surface area contributed by atoms with Gasteiger partial charge in [-0.2, -0.15) is 0 Å². The zero-order chi connectivity index (χ0) is 48.5. The van der Waals surface area contributed by atoms with E-state index in [1.54, 1.807) is 0 Å². The number of fused-ring (bicyclic) bond motifs is 19. The second kappa shape index (κ2) is 15.8. The molecule has 3 heteroatoms.